The summed E-state index contributed by atoms with van der Waals surface area (Å²) in [5, 5.41) is 4.30. The summed E-state index contributed by atoms with van der Waals surface area (Å²) >= 11 is 6.21. The molecule has 2 aliphatic heterocycles. The number of nitrogens with two attached hydrogens (primary N) is 1. The van der Waals surface area contributed by atoms with E-state index in [4.69, 9.17) is 17.3 Å². The van der Waals surface area contributed by atoms with E-state index in [2.05, 4.69) is 10.2 Å². The zero-order valence-corrected chi connectivity index (χ0v) is 11.3. The highest BCUT2D eigenvalue weighted by Gasteiger charge is 2.31. The summed E-state index contributed by atoms with van der Waals surface area (Å²) in [5.74, 6) is 0. The molecule has 2 fully saturated rings. The fraction of sp³-hybridized carbons (Fsp3) is 0.571. The molecule has 98 valence electrons. The van der Waals surface area contributed by atoms with Crippen LogP contribution in [0.15, 0.2) is 18.2 Å². The zero-order chi connectivity index (χ0) is 12.5. The maximum atomic E-state index is 6.21. The van der Waals surface area contributed by atoms with Crippen molar-refractivity contribution in [3.8, 4) is 0 Å². The van der Waals surface area contributed by atoms with Crippen LogP contribution in [-0.4, -0.2) is 30.1 Å². The van der Waals surface area contributed by atoms with Gasteiger partial charge in [0.1, 0.15) is 0 Å². The summed E-state index contributed by atoms with van der Waals surface area (Å²) in [6, 6.07) is 7.03. The van der Waals surface area contributed by atoms with Gasteiger partial charge in [-0.25, -0.2) is 0 Å². The first-order valence-electron chi connectivity index (χ1n) is 6.78. The highest BCUT2D eigenvalue weighted by atomic mass is 35.5. The van der Waals surface area contributed by atoms with Crippen LogP contribution >= 0.6 is 11.6 Å². The van der Waals surface area contributed by atoms with Crippen molar-refractivity contribution < 1.29 is 0 Å². The van der Waals surface area contributed by atoms with Gasteiger partial charge in [0.15, 0.2) is 0 Å². The molecule has 1 aromatic rings. The summed E-state index contributed by atoms with van der Waals surface area (Å²) in [7, 11) is 0. The summed E-state index contributed by atoms with van der Waals surface area (Å²) in [5.41, 5.74) is 7.45. The fourth-order valence-electron chi connectivity index (χ4n) is 3.22. The molecule has 0 saturated carbocycles. The Labute approximate surface area is 113 Å². The molecule has 0 aliphatic carbocycles. The number of benzene rings is 1. The monoisotopic (exact) mass is 265 g/mol. The van der Waals surface area contributed by atoms with E-state index in [0.29, 0.717) is 6.04 Å². The van der Waals surface area contributed by atoms with Gasteiger partial charge in [-0.3, -0.25) is 0 Å². The van der Waals surface area contributed by atoms with Crippen LogP contribution in [0.4, 0.5) is 11.4 Å². The molecule has 3 N–H and O–H groups in total. The SMILES string of the molecule is Nc1ccc(NC2CCN3CCCC3C2)c(Cl)c1. The average Bonchev–Trinajstić information content (AvgIpc) is 2.80. The molecule has 4 heteroatoms. The van der Waals surface area contributed by atoms with E-state index in [1.807, 2.05) is 18.2 Å². The number of hydrogen-bond donors (Lipinski definition) is 2. The molecular weight excluding hydrogens is 246 g/mol. The maximum Gasteiger partial charge on any atom is 0.0658 e. The van der Waals surface area contributed by atoms with Crippen molar-refractivity contribution >= 4 is 23.0 Å². The quantitative estimate of drug-likeness (QED) is 0.808. The van der Waals surface area contributed by atoms with Crippen molar-refractivity contribution in [2.24, 2.45) is 0 Å². The van der Waals surface area contributed by atoms with Gasteiger partial charge >= 0.3 is 0 Å². The molecule has 0 radical (unpaired) electrons. The molecule has 3 rings (SSSR count). The van der Waals surface area contributed by atoms with E-state index in [-0.39, 0.29) is 0 Å². The minimum absolute atomic E-state index is 0.547. The van der Waals surface area contributed by atoms with Gasteiger partial charge in [0.05, 0.1) is 10.7 Å². The van der Waals surface area contributed by atoms with E-state index in [1.54, 1.807) is 0 Å². The normalized spacial score (nSPS) is 28.1. The molecule has 2 unspecified atom stereocenters. The van der Waals surface area contributed by atoms with E-state index in [9.17, 15) is 0 Å². The van der Waals surface area contributed by atoms with E-state index < -0.39 is 0 Å². The lowest BCUT2D eigenvalue weighted by Crippen LogP contribution is -2.42. The Morgan fingerprint density at radius 2 is 2.17 bits per heavy atom. The molecule has 2 atom stereocenters. The number of fused-ring (bicyclic) bond motifs is 1. The van der Waals surface area contributed by atoms with Gasteiger partial charge in [-0.15, -0.1) is 0 Å². The summed E-state index contributed by atoms with van der Waals surface area (Å²) in [4.78, 5) is 2.63. The van der Waals surface area contributed by atoms with Crippen LogP contribution in [-0.2, 0) is 0 Å². The zero-order valence-electron chi connectivity index (χ0n) is 10.5. The van der Waals surface area contributed by atoms with Gasteiger partial charge in [0.2, 0.25) is 0 Å². The Balaban J connectivity index is 1.66. The second-order valence-electron chi connectivity index (χ2n) is 5.44. The van der Waals surface area contributed by atoms with Gasteiger partial charge in [0.25, 0.3) is 0 Å². The van der Waals surface area contributed by atoms with Gasteiger partial charge < -0.3 is 16.0 Å². The number of anilines is 2. The molecule has 0 amide bonds. The van der Waals surface area contributed by atoms with E-state index >= 15 is 0 Å². The van der Waals surface area contributed by atoms with Crippen LogP contribution < -0.4 is 11.1 Å². The smallest absolute Gasteiger partial charge is 0.0658 e. The number of nitrogen functional groups attached to an aromatic ring is 1. The molecule has 2 heterocycles. The molecular formula is C14H20ClN3. The van der Waals surface area contributed by atoms with E-state index in [0.717, 1.165) is 22.4 Å². The van der Waals surface area contributed by atoms with Crippen LogP contribution in [0.2, 0.25) is 5.02 Å². The second kappa shape index (κ2) is 4.98. The molecule has 0 spiro atoms. The third-order valence-corrected chi connectivity index (χ3v) is 4.49. The maximum absolute atomic E-state index is 6.21. The number of halogens is 1. The number of hydrogen-bond acceptors (Lipinski definition) is 3. The number of piperidine rings is 1. The Hall–Kier alpha value is -0.930. The van der Waals surface area contributed by atoms with Crippen LogP contribution in [0.3, 0.4) is 0 Å². The molecule has 18 heavy (non-hydrogen) atoms. The standard InChI is InChI=1S/C14H20ClN3/c15-13-8-10(16)3-4-14(13)17-11-5-7-18-6-1-2-12(18)9-11/h3-4,8,11-12,17H,1-2,5-7,9,16H2. The predicted octanol–water partition coefficient (Wildman–Crippen LogP) is 2.96. The van der Waals surface area contributed by atoms with Gasteiger partial charge in [-0.05, 0) is 50.4 Å². The lowest BCUT2D eigenvalue weighted by atomic mass is 9.97. The highest BCUT2D eigenvalue weighted by molar-refractivity contribution is 6.33. The van der Waals surface area contributed by atoms with Gasteiger partial charge in [-0.1, -0.05) is 11.6 Å². The van der Waals surface area contributed by atoms with Crippen LogP contribution in [0, 0.1) is 0 Å². The first-order valence-corrected chi connectivity index (χ1v) is 7.16. The Morgan fingerprint density at radius 3 is 3.00 bits per heavy atom. The third kappa shape index (κ3) is 2.43. The highest BCUT2D eigenvalue weighted by Crippen LogP contribution is 2.31. The number of nitrogens with zero attached hydrogens (tertiary/aromatic N) is 1. The fourth-order valence-corrected chi connectivity index (χ4v) is 3.47. The second-order valence-corrected chi connectivity index (χ2v) is 5.84. The lowest BCUT2D eigenvalue weighted by molar-refractivity contribution is 0.188. The Morgan fingerprint density at radius 1 is 1.28 bits per heavy atom. The van der Waals surface area contributed by atoms with Crippen molar-refractivity contribution in [2.45, 2.75) is 37.8 Å². The van der Waals surface area contributed by atoms with Crippen LogP contribution in [0.1, 0.15) is 25.7 Å². The molecule has 2 aliphatic rings. The van der Waals surface area contributed by atoms with Crippen LogP contribution in [0.5, 0.6) is 0 Å². The Bertz CT molecular complexity index is 435. The largest absolute Gasteiger partial charge is 0.399 e. The first kappa shape index (κ1) is 12.1. The predicted molar refractivity (Wildman–Crippen MR) is 77.1 cm³/mol. The number of rotatable bonds is 2. The summed E-state index contributed by atoms with van der Waals surface area (Å²) in [6.45, 7) is 2.51. The molecule has 3 nitrogen and oxygen atoms in total. The van der Waals surface area contributed by atoms with Crippen LogP contribution in [0.25, 0.3) is 0 Å². The first-order chi connectivity index (χ1) is 8.72. The number of nitrogens with one attached hydrogen (secondary N) is 1. The van der Waals surface area contributed by atoms with E-state index in [1.165, 1.54) is 38.8 Å². The molecule has 2 saturated heterocycles. The Kier molecular flexibility index (Phi) is 3.35. The van der Waals surface area contributed by atoms with Crippen molar-refractivity contribution in [3.05, 3.63) is 23.2 Å². The lowest BCUT2D eigenvalue weighted by Gasteiger charge is -2.35. The van der Waals surface area contributed by atoms with Crippen molar-refractivity contribution in [1.29, 1.82) is 0 Å². The molecule has 1 aromatic carbocycles. The topological polar surface area (TPSA) is 41.3 Å². The van der Waals surface area contributed by atoms with Gasteiger partial charge in [-0.2, -0.15) is 0 Å². The molecule has 0 aromatic heterocycles. The minimum atomic E-state index is 0.547. The third-order valence-electron chi connectivity index (χ3n) is 4.17. The van der Waals surface area contributed by atoms with Gasteiger partial charge in [0, 0.05) is 24.3 Å². The molecule has 0 bridgehead atoms. The van der Waals surface area contributed by atoms with Crippen molar-refractivity contribution in [2.75, 3.05) is 24.1 Å². The summed E-state index contributed by atoms with van der Waals surface area (Å²) in [6.07, 6.45) is 5.16. The summed E-state index contributed by atoms with van der Waals surface area (Å²) < 4.78 is 0. The van der Waals surface area contributed by atoms with Crippen molar-refractivity contribution in [3.63, 3.8) is 0 Å². The average molecular weight is 266 g/mol. The van der Waals surface area contributed by atoms with Crippen molar-refractivity contribution in [1.82, 2.24) is 4.90 Å². The minimum Gasteiger partial charge on any atom is -0.399 e.